The molecule has 0 aromatic heterocycles. The first kappa shape index (κ1) is 19.6. The molecular weight excluding hydrogens is 368 g/mol. The minimum Gasteiger partial charge on any atom is -0.379 e. The number of nitrogens with zero attached hydrogens (tertiary/aromatic N) is 1. The first-order valence-electron chi connectivity index (χ1n) is 7.53. The summed E-state index contributed by atoms with van der Waals surface area (Å²) in [7, 11) is -6.83. The Hall–Kier alpha value is -1.75. The van der Waals surface area contributed by atoms with Crippen molar-refractivity contribution in [3.8, 4) is 0 Å². The summed E-state index contributed by atoms with van der Waals surface area (Å²) >= 11 is 0. The average molecular weight is 388 g/mol. The fraction of sp³-hybridized carbons (Fsp3) is 0.400. The van der Waals surface area contributed by atoms with Gasteiger partial charge in [-0.1, -0.05) is 6.08 Å². The molecule has 1 N–H and O–H groups in total. The second-order valence-electron chi connectivity index (χ2n) is 5.45. The maximum absolute atomic E-state index is 12.5. The van der Waals surface area contributed by atoms with E-state index in [1.165, 1.54) is 34.6 Å². The van der Waals surface area contributed by atoms with E-state index in [1.54, 1.807) is 0 Å². The Kier molecular flexibility index (Phi) is 6.33. The monoisotopic (exact) mass is 388 g/mol. The van der Waals surface area contributed by atoms with Crippen LogP contribution in [0.5, 0.6) is 0 Å². The molecule has 0 bridgehead atoms. The van der Waals surface area contributed by atoms with Gasteiger partial charge in [0.1, 0.15) is 0 Å². The van der Waals surface area contributed by atoms with Crippen LogP contribution < -0.4 is 5.32 Å². The van der Waals surface area contributed by atoms with Crippen molar-refractivity contribution in [1.29, 1.82) is 0 Å². The lowest BCUT2D eigenvalue weighted by Crippen LogP contribution is -2.40. The molecule has 0 atom stereocenters. The number of amides is 1. The molecule has 1 amide bonds. The van der Waals surface area contributed by atoms with Crippen LogP contribution in [0.1, 0.15) is 10.4 Å². The number of sulfonamides is 1. The van der Waals surface area contributed by atoms with E-state index >= 15 is 0 Å². The zero-order chi connectivity index (χ0) is 18.5. The van der Waals surface area contributed by atoms with Crippen molar-refractivity contribution in [2.45, 2.75) is 4.90 Å². The van der Waals surface area contributed by atoms with Crippen molar-refractivity contribution in [2.75, 3.05) is 39.1 Å². The quantitative estimate of drug-likeness (QED) is 0.734. The number of morpholine rings is 1. The van der Waals surface area contributed by atoms with Crippen molar-refractivity contribution in [3.63, 3.8) is 0 Å². The van der Waals surface area contributed by atoms with Gasteiger partial charge in [0.2, 0.25) is 10.0 Å². The molecule has 0 unspecified atom stereocenters. The highest BCUT2D eigenvalue weighted by molar-refractivity contribution is 7.93. The molecule has 0 radical (unpaired) electrons. The van der Waals surface area contributed by atoms with Crippen LogP contribution in [0.4, 0.5) is 0 Å². The van der Waals surface area contributed by atoms with Gasteiger partial charge in [0.15, 0.2) is 9.84 Å². The predicted molar refractivity (Wildman–Crippen MR) is 92.3 cm³/mol. The van der Waals surface area contributed by atoms with Crippen LogP contribution in [0.3, 0.4) is 0 Å². The number of sulfone groups is 1. The first-order valence-corrected chi connectivity index (χ1v) is 10.9. The lowest BCUT2D eigenvalue weighted by Gasteiger charge is -2.26. The summed E-state index contributed by atoms with van der Waals surface area (Å²) in [6, 6.07) is 5.60. The van der Waals surface area contributed by atoms with Crippen LogP contribution in [0.15, 0.2) is 40.6 Å². The number of carbonyl (C=O) groups is 1. The van der Waals surface area contributed by atoms with Crippen molar-refractivity contribution < 1.29 is 26.4 Å². The van der Waals surface area contributed by atoms with Gasteiger partial charge in [0, 0.05) is 36.9 Å². The van der Waals surface area contributed by atoms with Crippen LogP contribution in [0, 0.1) is 0 Å². The summed E-state index contributed by atoms with van der Waals surface area (Å²) in [6.07, 6.45) is 2.38. The van der Waals surface area contributed by atoms with Gasteiger partial charge >= 0.3 is 0 Å². The number of hydrogen-bond donors (Lipinski definition) is 1. The van der Waals surface area contributed by atoms with Gasteiger partial charge in [0.05, 0.1) is 18.1 Å². The highest BCUT2D eigenvalue weighted by Crippen LogP contribution is 2.17. The van der Waals surface area contributed by atoms with Crippen LogP contribution in [-0.2, 0) is 24.6 Å². The molecule has 25 heavy (non-hydrogen) atoms. The van der Waals surface area contributed by atoms with Gasteiger partial charge in [-0.2, -0.15) is 4.31 Å². The number of rotatable bonds is 6. The molecule has 1 aromatic rings. The molecule has 1 aromatic carbocycles. The molecule has 0 aliphatic carbocycles. The van der Waals surface area contributed by atoms with E-state index in [2.05, 4.69) is 5.32 Å². The van der Waals surface area contributed by atoms with E-state index in [4.69, 9.17) is 4.74 Å². The predicted octanol–water partition coefficient (Wildman–Crippen LogP) is -0.00440. The first-order chi connectivity index (χ1) is 11.7. The van der Waals surface area contributed by atoms with Crippen LogP contribution in [-0.4, -0.2) is 66.2 Å². The zero-order valence-electron chi connectivity index (χ0n) is 13.7. The molecule has 0 saturated carbocycles. The molecule has 1 fully saturated rings. The van der Waals surface area contributed by atoms with Crippen LogP contribution >= 0.6 is 0 Å². The van der Waals surface area contributed by atoms with Crippen LogP contribution in [0.25, 0.3) is 0 Å². The third-order valence-corrected chi connectivity index (χ3v) is 6.05. The SMILES string of the molecule is CS(=O)(=O)C=CCNC(=O)c1ccc(S(=O)(=O)N2CCOCC2)cc1. The molecular formula is C15H20N2O6S2. The van der Waals surface area contributed by atoms with Gasteiger partial charge in [-0.15, -0.1) is 0 Å². The number of benzene rings is 1. The molecule has 1 saturated heterocycles. The van der Waals surface area contributed by atoms with Crippen molar-refractivity contribution >= 4 is 25.8 Å². The van der Waals surface area contributed by atoms with Crippen molar-refractivity contribution in [3.05, 3.63) is 41.3 Å². The Bertz CT molecular complexity index is 839. The average Bonchev–Trinajstić information content (AvgIpc) is 2.58. The Morgan fingerprint density at radius 2 is 1.76 bits per heavy atom. The summed E-state index contributed by atoms with van der Waals surface area (Å²) in [4.78, 5) is 12.1. The fourth-order valence-corrected chi connectivity index (χ4v) is 4.04. The number of hydrogen-bond acceptors (Lipinski definition) is 6. The lowest BCUT2D eigenvalue weighted by atomic mass is 10.2. The Balaban J connectivity index is 2.01. The molecule has 138 valence electrons. The second kappa shape index (κ2) is 8.09. The minimum absolute atomic E-state index is 0.0553. The zero-order valence-corrected chi connectivity index (χ0v) is 15.3. The molecule has 1 aliphatic heterocycles. The standard InChI is InChI=1S/C15H20N2O6S2/c1-24(19,20)12-2-7-16-15(18)13-3-5-14(6-4-13)25(21,22)17-8-10-23-11-9-17/h2-6,12H,7-11H2,1H3,(H,16,18). The second-order valence-corrected chi connectivity index (χ2v) is 9.32. The maximum atomic E-state index is 12.5. The Morgan fingerprint density at radius 3 is 2.32 bits per heavy atom. The van der Waals surface area contributed by atoms with Gasteiger partial charge in [-0.3, -0.25) is 4.79 Å². The molecule has 1 heterocycles. The van der Waals surface area contributed by atoms with Crippen molar-refractivity contribution in [1.82, 2.24) is 9.62 Å². The van der Waals surface area contributed by atoms with E-state index in [0.717, 1.165) is 11.7 Å². The van der Waals surface area contributed by atoms with E-state index in [-0.39, 0.29) is 17.0 Å². The van der Waals surface area contributed by atoms with E-state index < -0.39 is 25.8 Å². The van der Waals surface area contributed by atoms with E-state index in [0.29, 0.717) is 26.3 Å². The molecule has 0 spiro atoms. The fourth-order valence-electron chi connectivity index (χ4n) is 2.19. The summed E-state index contributed by atoms with van der Waals surface area (Å²) in [5.41, 5.74) is 0.286. The van der Waals surface area contributed by atoms with Gasteiger partial charge in [-0.25, -0.2) is 16.8 Å². The molecule has 10 heteroatoms. The summed E-state index contributed by atoms with van der Waals surface area (Å²) in [6.45, 7) is 1.38. The highest BCUT2D eigenvalue weighted by Gasteiger charge is 2.26. The summed E-state index contributed by atoms with van der Waals surface area (Å²) in [5, 5.41) is 3.53. The number of carbonyl (C=O) groups excluding carboxylic acids is 1. The van der Waals surface area contributed by atoms with E-state index in [1.807, 2.05) is 0 Å². The largest absolute Gasteiger partial charge is 0.379 e. The van der Waals surface area contributed by atoms with Gasteiger partial charge in [-0.05, 0) is 24.3 Å². The summed E-state index contributed by atoms with van der Waals surface area (Å²) < 4.78 is 53.3. The molecule has 8 nitrogen and oxygen atoms in total. The maximum Gasteiger partial charge on any atom is 0.251 e. The highest BCUT2D eigenvalue weighted by atomic mass is 32.2. The smallest absolute Gasteiger partial charge is 0.251 e. The van der Waals surface area contributed by atoms with Crippen LogP contribution in [0.2, 0.25) is 0 Å². The Labute approximate surface area is 147 Å². The number of ether oxygens (including phenoxy) is 1. The normalized spacial score (nSPS) is 16.8. The van der Waals surface area contributed by atoms with Gasteiger partial charge < -0.3 is 10.1 Å². The van der Waals surface area contributed by atoms with Gasteiger partial charge in [0.25, 0.3) is 5.91 Å². The lowest BCUT2D eigenvalue weighted by molar-refractivity contribution is 0.0730. The number of nitrogens with one attached hydrogen (secondary N) is 1. The minimum atomic E-state index is -3.60. The Morgan fingerprint density at radius 1 is 1.16 bits per heavy atom. The van der Waals surface area contributed by atoms with E-state index in [9.17, 15) is 21.6 Å². The topological polar surface area (TPSA) is 110 Å². The third-order valence-electron chi connectivity index (χ3n) is 3.45. The van der Waals surface area contributed by atoms with Crippen molar-refractivity contribution in [2.24, 2.45) is 0 Å². The molecule has 1 aliphatic rings. The summed E-state index contributed by atoms with van der Waals surface area (Å²) in [5.74, 6) is -0.423. The molecule has 2 rings (SSSR count). The third kappa shape index (κ3) is 5.63.